The van der Waals surface area contributed by atoms with Gasteiger partial charge >= 0.3 is 5.97 Å². The van der Waals surface area contributed by atoms with Gasteiger partial charge in [0.1, 0.15) is 6.61 Å². The minimum absolute atomic E-state index is 0.152. The van der Waals surface area contributed by atoms with E-state index in [1.165, 1.54) is 18.4 Å². The van der Waals surface area contributed by atoms with Gasteiger partial charge in [-0.15, -0.1) is 0 Å². The van der Waals surface area contributed by atoms with E-state index in [1.807, 2.05) is 13.0 Å². The van der Waals surface area contributed by atoms with Crippen molar-refractivity contribution in [1.29, 1.82) is 0 Å². The molecule has 1 aliphatic heterocycles. The number of ether oxygens (including phenoxy) is 1. The van der Waals surface area contributed by atoms with E-state index in [0.29, 0.717) is 6.61 Å². The number of benzene rings is 1. The first kappa shape index (κ1) is 10.2. The van der Waals surface area contributed by atoms with E-state index in [-0.39, 0.29) is 5.97 Å². The van der Waals surface area contributed by atoms with Gasteiger partial charge in [0, 0.05) is 5.56 Å². The predicted octanol–water partition coefficient (Wildman–Crippen LogP) is 3.01. The van der Waals surface area contributed by atoms with Gasteiger partial charge in [-0.3, -0.25) is 0 Å². The minimum atomic E-state index is -0.152. The van der Waals surface area contributed by atoms with Crippen LogP contribution in [0.25, 0.3) is 0 Å². The Hall–Kier alpha value is -1.31. The number of unbranched alkanes of at least 4 members (excludes halogenated alkanes) is 1. The molecule has 0 atom stereocenters. The van der Waals surface area contributed by atoms with Crippen molar-refractivity contribution in [3.05, 3.63) is 34.4 Å². The second-order valence-electron chi connectivity index (χ2n) is 4.07. The maximum Gasteiger partial charge on any atom is 0.339 e. The highest BCUT2D eigenvalue weighted by atomic mass is 16.5. The van der Waals surface area contributed by atoms with Crippen molar-refractivity contribution in [2.75, 3.05) is 0 Å². The molecule has 0 unspecified atom stereocenters. The Morgan fingerprint density at radius 3 is 2.93 bits per heavy atom. The van der Waals surface area contributed by atoms with Crippen LogP contribution in [0.5, 0.6) is 0 Å². The molecule has 80 valence electrons. The van der Waals surface area contributed by atoms with Crippen LogP contribution in [-0.2, 0) is 17.8 Å². The van der Waals surface area contributed by atoms with Crippen LogP contribution >= 0.6 is 0 Å². The number of hydrogen-bond acceptors (Lipinski definition) is 2. The molecule has 1 aliphatic rings. The van der Waals surface area contributed by atoms with Gasteiger partial charge in [0.2, 0.25) is 0 Å². The van der Waals surface area contributed by atoms with Crippen molar-refractivity contribution in [1.82, 2.24) is 0 Å². The Morgan fingerprint density at radius 2 is 2.20 bits per heavy atom. The summed E-state index contributed by atoms with van der Waals surface area (Å²) in [5.74, 6) is -0.152. The number of hydrogen-bond donors (Lipinski definition) is 0. The summed E-state index contributed by atoms with van der Waals surface area (Å²) < 4.78 is 5.09. The van der Waals surface area contributed by atoms with Gasteiger partial charge in [0.05, 0.1) is 5.56 Å². The van der Waals surface area contributed by atoms with Gasteiger partial charge in [-0.1, -0.05) is 25.5 Å². The van der Waals surface area contributed by atoms with E-state index >= 15 is 0 Å². The van der Waals surface area contributed by atoms with E-state index in [9.17, 15) is 4.79 Å². The molecule has 1 aromatic carbocycles. The lowest BCUT2D eigenvalue weighted by atomic mass is 9.95. The lowest BCUT2D eigenvalue weighted by molar-refractivity contribution is 0.0534. The maximum atomic E-state index is 11.5. The number of cyclic esters (lactones) is 1. The molecule has 15 heavy (non-hydrogen) atoms. The molecular formula is C13H16O2. The largest absolute Gasteiger partial charge is 0.457 e. The molecule has 2 rings (SSSR count). The number of esters is 1. The fraction of sp³-hybridized carbons (Fsp3) is 0.462. The van der Waals surface area contributed by atoms with Gasteiger partial charge in [0.15, 0.2) is 0 Å². The van der Waals surface area contributed by atoms with Crippen molar-refractivity contribution in [3.8, 4) is 0 Å². The second-order valence-corrected chi connectivity index (χ2v) is 4.07. The fourth-order valence-corrected chi connectivity index (χ4v) is 2.07. The van der Waals surface area contributed by atoms with Crippen LogP contribution in [0.3, 0.4) is 0 Å². The van der Waals surface area contributed by atoms with Gasteiger partial charge in [-0.25, -0.2) is 4.79 Å². The van der Waals surface area contributed by atoms with E-state index in [2.05, 4.69) is 13.0 Å². The van der Waals surface area contributed by atoms with Crippen molar-refractivity contribution >= 4 is 5.97 Å². The lowest BCUT2D eigenvalue weighted by Gasteiger charge is -2.06. The summed E-state index contributed by atoms with van der Waals surface area (Å²) in [7, 11) is 0. The van der Waals surface area contributed by atoms with Gasteiger partial charge in [0.25, 0.3) is 0 Å². The first-order valence-corrected chi connectivity index (χ1v) is 5.52. The van der Waals surface area contributed by atoms with Crippen LogP contribution in [0.2, 0.25) is 0 Å². The van der Waals surface area contributed by atoms with Crippen LogP contribution in [0.4, 0.5) is 0 Å². The molecule has 2 heteroatoms. The molecule has 0 saturated carbocycles. The number of aryl methyl sites for hydroxylation is 2. The van der Waals surface area contributed by atoms with E-state index in [1.54, 1.807) is 0 Å². The lowest BCUT2D eigenvalue weighted by Crippen LogP contribution is -1.99. The second kappa shape index (κ2) is 4.05. The quantitative estimate of drug-likeness (QED) is 0.707. The molecule has 1 heterocycles. The number of carbonyl (C=O) groups is 1. The third-order valence-electron chi connectivity index (χ3n) is 2.97. The maximum absolute atomic E-state index is 11.5. The standard InChI is InChI=1S/C13H16O2/c1-3-4-5-10-7-6-9(2)12-11(10)8-15-13(12)14/h6-7H,3-5,8H2,1-2H3. The Bertz CT molecular complexity index is 394. The highest BCUT2D eigenvalue weighted by Crippen LogP contribution is 2.27. The van der Waals surface area contributed by atoms with Gasteiger partial charge in [-0.05, 0) is 30.9 Å². The van der Waals surface area contributed by atoms with E-state index < -0.39 is 0 Å². The molecular weight excluding hydrogens is 188 g/mol. The molecule has 0 N–H and O–H groups in total. The number of carbonyl (C=O) groups excluding carboxylic acids is 1. The number of fused-ring (bicyclic) bond motifs is 1. The van der Waals surface area contributed by atoms with Gasteiger partial charge in [-0.2, -0.15) is 0 Å². The van der Waals surface area contributed by atoms with Crippen LogP contribution < -0.4 is 0 Å². The highest BCUT2D eigenvalue weighted by molar-refractivity contribution is 5.95. The summed E-state index contributed by atoms with van der Waals surface area (Å²) in [6.45, 7) is 4.61. The smallest absolute Gasteiger partial charge is 0.339 e. The molecule has 0 bridgehead atoms. The monoisotopic (exact) mass is 204 g/mol. The van der Waals surface area contributed by atoms with Crippen LogP contribution in [0.15, 0.2) is 12.1 Å². The molecule has 2 nitrogen and oxygen atoms in total. The first-order chi connectivity index (χ1) is 7.24. The summed E-state index contributed by atoms with van der Waals surface area (Å²) in [5.41, 5.74) is 4.24. The van der Waals surface area contributed by atoms with Crippen LogP contribution in [0, 0.1) is 6.92 Å². The summed E-state index contributed by atoms with van der Waals surface area (Å²) in [6.07, 6.45) is 3.40. The molecule has 0 fully saturated rings. The zero-order valence-electron chi connectivity index (χ0n) is 9.30. The third kappa shape index (κ3) is 1.76. The minimum Gasteiger partial charge on any atom is -0.457 e. The summed E-state index contributed by atoms with van der Waals surface area (Å²) in [5, 5.41) is 0. The predicted molar refractivity (Wildman–Crippen MR) is 58.9 cm³/mol. The average molecular weight is 204 g/mol. The fourth-order valence-electron chi connectivity index (χ4n) is 2.07. The zero-order chi connectivity index (χ0) is 10.8. The average Bonchev–Trinajstić information content (AvgIpc) is 2.61. The normalized spacial score (nSPS) is 13.9. The van der Waals surface area contributed by atoms with Crippen LogP contribution in [0.1, 0.15) is 46.8 Å². The SMILES string of the molecule is CCCCc1ccc(C)c2c1COC2=O. The molecule has 0 aliphatic carbocycles. The van der Waals surface area contributed by atoms with Crippen molar-refractivity contribution < 1.29 is 9.53 Å². The Morgan fingerprint density at radius 1 is 1.40 bits per heavy atom. The molecule has 0 saturated heterocycles. The summed E-state index contributed by atoms with van der Waals surface area (Å²) in [4.78, 5) is 11.5. The van der Waals surface area contributed by atoms with Crippen molar-refractivity contribution in [3.63, 3.8) is 0 Å². The Labute approximate surface area is 90.3 Å². The summed E-state index contributed by atoms with van der Waals surface area (Å²) in [6, 6.07) is 4.15. The third-order valence-corrected chi connectivity index (χ3v) is 2.97. The molecule has 1 aromatic rings. The van der Waals surface area contributed by atoms with Gasteiger partial charge < -0.3 is 4.74 Å². The Balaban J connectivity index is 2.38. The number of rotatable bonds is 3. The molecule has 0 aromatic heterocycles. The van der Waals surface area contributed by atoms with E-state index in [4.69, 9.17) is 4.74 Å². The summed E-state index contributed by atoms with van der Waals surface area (Å²) >= 11 is 0. The highest BCUT2D eigenvalue weighted by Gasteiger charge is 2.25. The Kier molecular flexibility index (Phi) is 2.76. The zero-order valence-corrected chi connectivity index (χ0v) is 9.30. The van der Waals surface area contributed by atoms with Crippen LogP contribution in [-0.4, -0.2) is 5.97 Å². The molecule has 0 radical (unpaired) electrons. The van der Waals surface area contributed by atoms with Crippen molar-refractivity contribution in [2.45, 2.75) is 39.7 Å². The first-order valence-electron chi connectivity index (χ1n) is 5.52. The molecule has 0 spiro atoms. The topological polar surface area (TPSA) is 26.3 Å². The molecule has 0 amide bonds. The van der Waals surface area contributed by atoms with Crippen molar-refractivity contribution in [2.24, 2.45) is 0 Å². The van der Waals surface area contributed by atoms with E-state index in [0.717, 1.165) is 23.1 Å².